The molecule has 2 heterocycles. The maximum absolute atomic E-state index is 11.2. The first kappa shape index (κ1) is 22.4. The number of hydrogen-bond acceptors (Lipinski definition) is 7. The summed E-state index contributed by atoms with van der Waals surface area (Å²) in [7, 11) is 1.54. The summed E-state index contributed by atoms with van der Waals surface area (Å²) in [5, 5.41) is 12.5. The summed E-state index contributed by atoms with van der Waals surface area (Å²) in [4.78, 5) is 13.5. The van der Waals surface area contributed by atoms with Crippen LogP contribution in [0.15, 0.2) is 59.9 Å². The number of imidazole rings is 1. The minimum atomic E-state index is 0.0954. The van der Waals surface area contributed by atoms with E-state index in [-0.39, 0.29) is 12.6 Å². The second-order valence-electron chi connectivity index (χ2n) is 6.55. The number of hydrogen-bond donors (Lipinski definition) is 1. The third kappa shape index (κ3) is 4.40. The smallest absolute Gasteiger partial charge is 0.188 e. The van der Waals surface area contributed by atoms with Gasteiger partial charge in [-0.3, -0.25) is 0 Å². The monoisotopic (exact) mass is 488 g/mol. The molecule has 0 aliphatic rings. The van der Waals surface area contributed by atoms with Crippen LogP contribution in [-0.4, -0.2) is 45.0 Å². The van der Waals surface area contributed by atoms with Gasteiger partial charge in [0.25, 0.3) is 0 Å². The Bertz CT molecular complexity index is 1250. The van der Waals surface area contributed by atoms with Gasteiger partial charge in [0.15, 0.2) is 17.8 Å². The highest BCUT2D eigenvalue weighted by Gasteiger charge is 2.25. The Labute approximate surface area is 198 Å². The van der Waals surface area contributed by atoms with E-state index in [2.05, 4.69) is 9.97 Å². The molecule has 0 radical (unpaired) electrons. The van der Waals surface area contributed by atoms with Crippen LogP contribution < -0.4 is 4.74 Å². The van der Waals surface area contributed by atoms with Gasteiger partial charge in [-0.1, -0.05) is 53.2 Å². The molecule has 0 aliphatic heterocycles. The van der Waals surface area contributed by atoms with E-state index in [4.69, 9.17) is 37.7 Å². The molecule has 32 heavy (non-hydrogen) atoms. The van der Waals surface area contributed by atoms with Crippen molar-refractivity contribution in [3.05, 3.63) is 64.8 Å². The van der Waals surface area contributed by atoms with Crippen LogP contribution in [-0.2, 0) is 4.74 Å². The summed E-state index contributed by atoms with van der Waals surface area (Å²) in [6, 6.07) is 14.1. The number of thioether (sulfide) groups is 1. The molecule has 0 atom stereocenters. The van der Waals surface area contributed by atoms with Gasteiger partial charge in [0.05, 0.1) is 21.3 Å². The average molecular weight is 489 g/mol. The van der Waals surface area contributed by atoms with Gasteiger partial charge in [0.2, 0.25) is 0 Å². The summed E-state index contributed by atoms with van der Waals surface area (Å²) >= 11 is 14.2. The lowest BCUT2D eigenvalue weighted by Crippen LogP contribution is -2.01. The molecule has 1 N–H and O–H groups in total. The molecule has 0 unspecified atom stereocenters. The number of rotatable bonds is 7. The maximum Gasteiger partial charge on any atom is 0.188 e. The second kappa shape index (κ2) is 9.79. The van der Waals surface area contributed by atoms with Crippen molar-refractivity contribution in [2.45, 2.75) is 5.16 Å². The van der Waals surface area contributed by atoms with Crippen molar-refractivity contribution in [3.63, 3.8) is 0 Å². The predicted molar refractivity (Wildman–Crippen MR) is 126 cm³/mol. The normalized spacial score (nSPS) is 11.0. The minimum Gasteiger partial charge on any atom is -0.468 e. The van der Waals surface area contributed by atoms with E-state index < -0.39 is 0 Å². The van der Waals surface area contributed by atoms with Gasteiger partial charge in [-0.25, -0.2) is 15.0 Å². The number of halogens is 2. The molecule has 0 aliphatic carbocycles. The molecular weight excluding hydrogens is 471 g/mol. The third-order valence-corrected chi connectivity index (χ3v) is 5.74. The van der Waals surface area contributed by atoms with E-state index in [1.165, 1.54) is 11.8 Å². The van der Waals surface area contributed by atoms with Crippen LogP contribution in [0.25, 0.3) is 34.0 Å². The number of ether oxygens (including phenoxy) is 2. The van der Waals surface area contributed by atoms with Gasteiger partial charge in [-0.15, -0.1) is 0 Å². The van der Waals surface area contributed by atoms with Crippen molar-refractivity contribution in [2.75, 3.05) is 20.2 Å². The van der Waals surface area contributed by atoms with Gasteiger partial charge < -0.3 is 14.7 Å². The van der Waals surface area contributed by atoms with Crippen LogP contribution in [0.5, 0.6) is 5.75 Å². The summed E-state index contributed by atoms with van der Waals surface area (Å²) in [5.74, 6) is 0.763. The lowest BCUT2D eigenvalue weighted by molar-refractivity contribution is 0.0511. The van der Waals surface area contributed by atoms with Crippen LogP contribution in [0.1, 0.15) is 0 Å². The van der Waals surface area contributed by atoms with Gasteiger partial charge >= 0.3 is 0 Å². The molecule has 2 aromatic carbocycles. The van der Waals surface area contributed by atoms with E-state index in [0.717, 1.165) is 4.73 Å². The molecule has 4 rings (SSSR count). The number of benzene rings is 2. The Kier molecular flexibility index (Phi) is 6.86. The zero-order valence-corrected chi connectivity index (χ0v) is 19.4. The molecule has 7 nitrogen and oxygen atoms in total. The third-order valence-electron chi connectivity index (χ3n) is 4.55. The molecule has 0 amide bonds. The summed E-state index contributed by atoms with van der Waals surface area (Å²) in [6.45, 7) is 0.0954. The number of aromatic nitrogens is 4. The van der Waals surface area contributed by atoms with Crippen molar-refractivity contribution < 1.29 is 14.7 Å². The first-order valence-corrected chi connectivity index (χ1v) is 11.4. The Morgan fingerprint density at radius 1 is 1.06 bits per heavy atom. The maximum atomic E-state index is 11.2. The highest BCUT2D eigenvalue weighted by atomic mass is 35.5. The topological polar surface area (TPSA) is 82.3 Å². The first-order chi connectivity index (χ1) is 15.5. The molecule has 0 spiro atoms. The Hall–Kier alpha value is -2.78. The van der Waals surface area contributed by atoms with E-state index in [9.17, 15) is 5.21 Å². The Balaban J connectivity index is 1.96. The van der Waals surface area contributed by atoms with Crippen LogP contribution in [0.3, 0.4) is 0 Å². The lowest BCUT2D eigenvalue weighted by atomic mass is 10.1. The highest BCUT2D eigenvalue weighted by molar-refractivity contribution is 7.98. The Morgan fingerprint density at radius 3 is 2.53 bits per heavy atom. The van der Waals surface area contributed by atoms with Gasteiger partial charge in [0.1, 0.15) is 17.1 Å². The fourth-order valence-electron chi connectivity index (χ4n) is 3.15. The van der Waals surface area contributed by atoms with Gasteiger partial charge in [0, 0.05) is 18.9 Å². The molecule has 0 fully saturated rings. The zero-order chi connectivity index (χ0) is 22.7. The molecule has 0 bridgehead atoms. The standard InChI is InChI=1S/C22H18Cl2N4O3S/c1-30-12-31-14-6-3-5-13(11-14)20-19(17-9-10-25-22(26-17)32-2)27-21(28(20)29)18-15(23)7-4-8-16(18)24/h3-11,29H,12H2,1-2H3. The molecule has 0 saturated carbocycles. The molecule has 10 heteroatoms. The van der Waals surface area contributed by atoms with E-state index in [1.54, 1.807) is 49.7 Å². The van der Waals surface area contributed by atoms with Gasteiger partial charge in [-0.05, 0) is 36.6 Å². The molecule has 0 saturated heterocycles. The first-order valence-electron chi connectivity index (χ1n) is 9.39. The van der Waals surface area contributed by atoms with Crippen molar-refractivity contribution >= 4 is 35.0 Å². The highest BCUT2D eigenvalue weighted by Crippen LogP contribution is 2.40. The minimum absolute atomic E-state index is 0.0954. The van der Waals surface area contributed by atoms with Crippen molar-refractivity contribution in [2.24, 2.45) is 0 Å². The van der Waals surface area contributed by atoms with Crippen molar-refractivity contribution in [1.82, 2.24) is 19.7 Å². The van der Waals surface area contributed by atoms with Crippen LogP contribution in [0.4, 0.5) is 0 Å². The summed E-state index contributed by atoms with van der Waals surface area (Å²) < 4.78 is 11.5. The molecule has 2 aromatic heterocycles. The summed E-state index contributed by atoms with van der Waals surface area (Å²) in [6.07, 6.45) is 3.53. The van der Waals surface area contributed by atoms with E-state index in [1.807, 2.05) is 18.4 Å². The van der Waals surface area contributed by atoms with E-state index in [0.29, 0.717) is 49.2 Å². The second-order valence-corrected chi connectivity index (χ2v) is 8.14. The SMILES string of the molecule is COCOc1cccc(-c2c(-c3ccnc(SC)n3)nc(-c3c(Cl)cccc3Cl)n2O)c1. The fraction of sp³-hybridized carbons (Fsp3) is 0.136. The lowest BCUT2D eigenvalue weighted by Gasteiger charge is -2.10. The largest absolute Gasteiger partial charge is 0.468 e. The van der Waals surface area contributed by atoms with E-state index >= 15 is 0 Å². The van der Waals surface area contributed by atoms with Crippen LogP contribution in [0.2, 0.25) is 10.0 Å². The Morgan fingerprint density at radius 2 is 1.81 bits per heavy atom. The molecular formula is C22H18Cl2N4O3S. The number of nitrogens with zero attached hydrogens (tertiary/aromatic N) is 4. The predicted octanol–water partition coefficient (Wildman–Crippen LogP) is 5.92. The van der Waals surface area contributed by atoms with Crippen molar-refractivity contribution in [3.8, 4) is 39.8 Å². The summed E-state index contributed by atoms with van der Waals surface area (Å²) in [5.41, 5.74) is 2.46. The molecule has 4 aromatic rings. The molecule has 164 valence electrons. The van der Waals surface area contributed by atoms with Crippen LogP contribution in [0, 0.1) is 0 Å². The fourth-order valence-corrected chi connectivity index (χ4v) is 4.08. The van der Waals surface area contributed by atoms with Gasteiger partial charge in [-0.2, -0.15) is 4.73 Å². The average Bonchev–Trinajstić information content (AvgIpc) is 3.14. The van der Waals surface area contributed by atoms with Crippen LogP contribution >= 0.6 is 35.0 Å². The number of methoxy groups -OCH3 is 1. The van der Waals surface area contributed by atoms with Crippen molar-refractivity contribution in [1.29, 1.82) is 0 Å². The zero-order valence-electron chi connectivity index (χ0n) is 17.1. The quantitative estimate of drug-likeness (QED) is 0.149.